The number of hydrogen-bond acceptors (Lipinski definition) is 3. The first kappa shape index (κ1) is 16.7. The molecule has 0 saturated carbocycles. The van der Waals surface area contributed by atoms with Gasteiger partial charge in [-0.05, 0) is 35.9 Å². The maximum Gasteiger partial charge on any atom is 0.433 e. The summed E-state index contributed by atoms with van der Waals surface area (Å²) >= 11 is 3.32. The van der Waals surface area contributed by atoms with Crippen LogP contribution in [0, 0.1) is 0 Å². The van der Waals surface area contributed by atoms with Gasteiger partial charge in [-0.2, -0.15) is 18.3 Å². The number of benzene rings is 1. The van der Waals surface area contributed by atoms with Crippen LogP contribution < -0.4 is 0 Å². The zero-order valence-electron chi connectivity index (χ0n) is 13.1. The Morgan fingerprint density at radius 1 is 0.923 bits per heavy atom. The number of pyridine rings is 1. The number of nitrogens with zero attached hydrogens (tertiary/aromatic N) is 4. The molecule has 0 radical (unpaired) electrons. The molecule has 0 bridgehead atoms. The Hall–Kier alpha value is -2.74. The average molecular weight is 419 g/mol. The van der Waals surface area contributed by atoms with Crippen LogP contribution in [0.3, 0.4) is 0 Å². The predicted molar refractivity (Wildman–Crippen MR) is 94.4 cm³/mol. The van der Waals surface area contributed by atoms with Gasteiger partial charge in [0.15, 0.2) is 11.3 Å². The molecule has 8 heteroatoms. The molecule has 0 saturated heterocycles. The second kappa shape index (κ2) is 6.21. The largest absolute Gasteiger partial charge is 0.433 e. The molecule has 0 aliphatic rings. The van der Waals surface area contributed by atoms with E-state index in [0.29, 0.717) is 16.7 Å². The first-order valence-electron chi connectivity index (χ1n) is 7.56. The maximum absolute atomic E-state index is 13.6. The van der Waals surface area contributed by atoms with E-state index < -0.39 is 11.9 Å². The second-order valence-corrected chi connectivity index (χ2v) is 6.48. The summed E-state index contributed by atoms with van der Waals surface area (Å²) in [4.78, 5) is 8.38. The number of hydrogen-bond donors (Lipinski definition) is 0. The van der Waals surface area contributed by atoms with Crippen molar-refractivity contribution in [2.75, 3.05) is 0 Å². The summed E-state index contributed by atoms with van der Waals surface area (Å²) in [6.07, 6.45) is -0.0325. The highest BCUT2D eigenvalue weighted by Crippen LogP contribution is 2.34. The van der Waals surface area contributed by atoms with E-state index >= 15 is 0 Å². The minimum absolute atomic E-state index is 0.143. The highest BCUT2D eigenvalue weighted by Gasteiger charge is 2.35. The van der Waals surface area contributed by atoms with E-state index in [2.05, 4.69) is 31.0 Å². The van der Waals surface area contributed by atoms with Crippen molar-refractivity contribution < 1.29 is 13.2 Å². The molecule has 4 rings (SSSR count). The van der Waals surface area contributed by atoms with Crippen molar-refractivity contribution in [2.45, 2.75) is 6.18 Å². The number of halogens is 4. The zero-order valence-corrected chi connectivity index (χ0v) is 14.7. The Kier molecular flexibility index (Phi) is 3.99. The Balaban J connectivity index is 2.01. The molecule has 4 nitrogen and oxygen atoms in total. The summed E-state index contributed by atoms with van der Waals surface area (Å²) in [5.74, 6) is 0. The fraction of sp³-hybridized carbons (Fsp3) is 0.0556. The lowest BCUT2D eigenvalue weighted by Crippen LogP contribution is -2.13. The molecular weight excluding hydrogens is 409 g/mol. The molecule has 3 aromatic heterocycles. The molecule has 1 aromatic carbocycles. The fourth-order valence-electron chi connectivity index (χ4n) is 2.67. The SMILES string of the molecule is FC(F)(F)c1cc(-c2ccc(Br)cc2)nc2c(-c3ccncc3)cnn12. The van der Waals surface area contributed by atoms with Gasteiger partial charge >= 0.3 is 6.18 Å². The van der Waals surface area contributed by atoms with E-state index in [4.69, 9.17) is 0 Å². The molecule has 0 atom stereocenters. The lowest BCUT2D eigenvalue weighted by atomic mass is 10.1. The standard InChI is InChI=1S/C18H10BrF3N4/c19-13-3-1-12(2-4-13)15-9-16(18(20,21)22)26-17(25-15)14(10-24-26)11-5-7-23-8-6-11/h1-10H. The fourth-order valence-corrected chi connectivity index (χ4v) is 2.93. The van der Waals surface area contributed by atoms with E-state index in [-0.39, 0.29) is 11.3 Å². The Labute approximate surface area is 154 Å². The van der Waals surface area contributed by atoms with Crippen LogP contribution in [0.1, 0.15) is 5.69 Å². The molecule has 0 amide bonds. The third-order valence-electron chi connectivity index (χ3n) is 3.89. The van der Waals surface area contributed by atoms with Crippen molar-refractivity contribution >= 4 is 21.6 Å². The number of aromatic nitrogens is 4. The Bertz CT molecular complexity index is 1070. The maximum atomic E-state index is 13.6. The second-order valence-electron chi connectivity index (χ2n) is 5.56. The third-order valence-corrected chi connectivity index (χ3v) is 4.42. The zero-order chi connectivity index (χ0) is 18.3. The van der Waals surface area contributed by atoms with E-state index in [9.17, 15) is 13.2 Å². The highest BCUT2D eigenvalue weighted by atomic mass is 79.9. The van der Waals surface area contributed by atoms with Gasteiger partial charge in [-0.3, -0.25) is 4.98 Å². The summed E-state index contributed by atoms with van der Waals surface area (Å²) in [6.45, 7) is 0. The van der Waals surface area contributed by atoms with Gasteiger partial charge < -0.3 is 0 Å². The Morgan fingerprint density at radius 2 is 1.62 bits per heavy atom. The molecule has 26 heavy (non-hydrogen) atoms. The summed E-state index contributed by atoms with van der Waals surface area (Å²) in [5.41, 5.74) is 1.29. The summed E-state index contributed by atoms with van der Waals surface area (Å²) in [7, 11) is 0. The smallest absolute Gasteiger partial charge is 0.265 e. The first-order chi connectivity index (χ1) is 12.4. The van der Waals surface area contributed by atoms with E-state index in [1.807, 2.05) is 0 Å². The van der Waals surface area contributed by atoms with Gasteiger partial charge in [0.05, 0.1) is 11.9 Å². The van der Waals surface area contributed by atoms with Gasteiger partial charge in [0, 0.05) is 28.0 Å². The summed E-state index contributed by atoms with van der Waals surface area (Å²) < 4.78 is 42.4. The molecule has 0 N–H and O–H groups in total. The van der Waals surface area contributed by atoms with Crippen molar-refractivity contribution in [3.05, 3.63) is 71.2 Å². The van der Waals surface area contributed by atoms with Crippen LogP contribution >= 0.6 is 15.9 Å². The van der Waals surface area contributed by atoms with Crippen LogP contribution in [0.2, 0.25) is 0 Å². The van der Waals surface area contributed by atoms with E-state index in [0.717, 1.165) is 15.1 Å². The van der Waals surface area contributed by atoms with Gasteiger partial charge in [-0.1, -0.05) is 28.1 Å². The molecule has 0 aliphatic heterocycles. The van der Waals surface area contributed by atoms with Crippen LogP contribution in [-0.4, -0.2) is 19.6 Å². The Morgan fingerprint density at radius 3 is 2.27 bits per heavy atom. The van der Waals surface area contributed by atoms with Gasteiger partial charge in [-0.25, -0.2) is 9.50 Å². The molecule has 0 aliphatic carbocycles. The topological polar surface area (TPSA) is 43.1 Å². The van der Waals surface area contributed by atoms with E-state index in [1.54, 1.807) is 48.8 Å². The quantitative estimate of drug-likeness (QED) is 0.447. The van der Waals surface area contributed by atoms with Crippen LogP contribution in [0.25, 0.3) is 28.0 Å². The monoisotopic (exact) mass is 418 g/mol. The molecule has 130 valence electrons. The van der Waals surface area contributed by atoms with Gasteiger partial charge in [0.2, 0.25) is 0 Å². The van der Waals surface area contributed by atoms with Crippen molar-refractivity contribution in [1.82, 2.24) is 19.6 Å². The van der Waals surface area contributed by atoms with Crippen LogP contribution in [0.15, 0.2) is 65.5 Å². The number of fused-ring (bicyclic) bond motifs is 1. The third kappa shape index (κ3) is 2.96. The average Bonchev–Trinajstić information content (AvgIpc) is 3.05. The van der Waals surface area contributed by atoms with Crippen LogP contribution in [0.5, 0.6) is 0 Å². The van der Waals surface area contributed by atoms with Gasteiger partial charge in [-0.15, -0.1) is 0 Å². The predicted octanol–water partition coefficient (Wildman–Crippen LogP) is 5.24. The molecule has 0 unspecified atom stereocenters. The lowest BCUT2D eigenvalue weighted by Gasteiger charge is -2.12. The van der Waals surface area contributed by atoms with Crippen LogP contribution in [-0.2, 0) is 6.18 Å². The normalized spacial score (nSPS) is 11.8. The summed E-state index contributed by atoms with van der Waals surface area (Å²) in [6, 6.07) is 11.4. The molecule has 4 aromatic rings. The van der Waals surface area contributed by atoms with Crippen molar-refractivity contribution in [3.63, 3.8) is 0 Å². The minimum atomic E-state index is -4.56. The first-order valence-corrected chi connectivity index (χ1v) is 8.35. The highest BCUT2D eigenvalue weighted by molar-refractivity contribution is 9.10. The van der Waals surface area contributed by atoms with Crippen molar-refractivity contribution in [3.8, 4) is 22.4 Å². The van der Waals surface area contributed by atoms with Crippen LogP contribution in [0.4, 0.5) is 13.2 Å². The van der Waals surface area contributed by atoms with Crippen molar-refractivity contribution in [2.24, 2.45) is 0 Å². The summed E-state index contributed by atoms with van der Waals surface area (Å²) in [5, 5.41) is 3.92. The lowest BCUT2D eigenvalue weighted by molar-refractivity contribution is -0.142. The molecule has 0 spiro atoms. The van der Waals surface area contributed by atoms with Gasteiger partial charge in [0.25, 0.3) is 0 Å². The van der Waals surface area contributed by atoms with E-state index in [1.165, 1.54) is 6.20 Å². The van der Waals surface area contributed by atoms with Crippen molar-refractivity contribution in [1.29, 1.82) is 0 Å². The molecule has 3 heterocycles. The minimum Gasteiger partial charge on any atom is -0.265 e. The number of rotatable bonds is 2. The molecule has 0 fully saturated rings. The van der Waals surface area contributed by atoms with Gasteiger partial charge in [0.1, 0.15) is 0 Å². The molecular formula is C18H10BrF3N4. The number of alkyl halides is 3.